The maximum atomic E-state index is 12.3. The molecule has 1 aromatic carbocycles. The molecule has 0 spiro atoms. The van der Waals surface area contributed by atoms with Gasteiger partial charge in [0.15, 0.2) is 0 Å². The minimum Gasteiger partial charge on any atom is -0.496 e. The Morgan fingerprint density at radius 1 is 1.30 bits per heavy atom. The number of aromatic amines is 1. The summed E-state index contributed by atoms with van der Waals surface area (Å²) in [7, 11) is 1.58. The van der Waals surface area contributed by atoms with Gasteiger partial charge in [-0.25, -0.2) is 0 Å². The second-order valence-corrected chi connectivity index (χ2v) is 4.91. The van der Waals surface area contributed by atoms with Crippen LogP contribution in [0.2, 0.25) is 0 Å². The number of hydrogen-bond donors (Lipinski definition) is 2. The van der Waals surface area contributed by atoms with Crippen LogP contribution in [0.5, 0.6) is 5.75 Å². The molecule has 2 heterocycles. The summed E-state index contributed by atoms with van der Waals surface area (Å²) in [5.74, 6) is 0.449. The van der Waals surface area contributed by atoms with Crippen molar-refractivity contribution in [3.63, 3.8) is 0 Å². The van der Waals surface area contributed by atoms with Crippen molar-refractivity contribution >= 4 is 5.91 Å². The van der Waals surface area contributed by atoms with E-state index in [1.165, 1.54) is 0 Å². The average molecular weight is 308 g/mol. The molecule has 3 rings (SSSR count). The van der Waals surface area contributed by atoms with E-state index in [1.807, 2.05) is 24.3 Å². The number of ether oxygens (including phenoxy) is 1. The van der Waals surface area contributed by atoms with Crippen molar-refractivity contribution in [3.8, 4) is 16.9 Å². The molecule has 2 aromatic heterocycles. The molecule has 0 atom stereocenters. The lowest BCUT2D eigenvalue weighted by Crippen LogP contribution is -2.23. The van der Waals surface area contributed by atoms with E-state index >= 15 is 0 Å². The molecule has 6 nitrogen and oxygen atoms in total. The van der Waals surface area contributed by atoms with Crippen molar-refractivity contribution in [3.05, 3.63) is 66.2 Å². The molecule has 1 amide bonds. The number of rotatable bonds is 5. The molecule has 0 aliphatic carbocycles. The fourth-order valence-corrected chi connectivity index (χ4v) is 2.24. The van der Waals surface area contributed by atoms with Crippen LogP contribution >= 0.6 is 0 Å². The smallest absolute Gasteiger partial charge is 0.251 e. The molecular weight excluding hydrogens is 292 g/mol. The molecule has 3 aromatic rings. The summed E-state index contributed by atoms with van der Waals surface area (Å²) < 4.78 is 5.39. The van der Waals surface area contributed by atoms with E-state index in [4.69, 9.17) is 4.74 Å². The number of aromatic nitrogens is 3. The van der Waals surface area contributed by atoms with Crippen LogP contribution in [0.25, 0.3) is 11.1 Å². The van der Waals surface area contributed by atoms with E-state index < -0.39 is 0 Å². The summed E-state index contributed by atoms with van der Waals surface area (Å²) >= 11 is 0. The average Bonchev–Trinajstić information content (AvgIpc) is 3.14. The summed E-state index contributed by atoms with van der Waals surface area (Å²) in [6, 6.07) is 10.9. The molecule has 23 heavy (non-hydrogen) atoms. The molecular formula is C17H16N4O2. The highest BCUT2D eigenvalue weighted by atomic mass is 16.5. The third-order valence-electron chi connectivity index (χ3n) is 3.43. The highest BCUT2D eigenvalue weighted by molar-refractivity contribution is 5.95. The normalized spacial score (nSPS) is 10.3. The zero-order valence-corrected chi connectivity index (χ0v) is 12.6. The lowest BCUT2D eigenvalue weighted by atomic mass is 10.1. The molecule has 0 aliphatic heterocycles. The highest BCUT2D eigenvalue weighted by Crippen LogP contribution is 2.30. The number of H-pyrrole nitrogens is 1. The quantitative estimate of drug-likeness (QED) is 0.758. The summed E-state index contributed by atoms with van der Waals surface area (Å²) in [6.45, 7) is 0.380. The maximum Gasteiger partial charge on any atom is 0.251 e. The monoisotopic (exact) mass is 308 g/mol. The number of carbonyl (C=O) groups is 1. The molecule has 0 radical (unpaired) electrons. The standard InChI is InChI=1S/C17H16N4O2/c1-23-16-8-12(5-6-15(16)13-9-20-21-10-13)17(22)19-11-14-4-2-3-7-18-14/h2-10H,11H2,1H3,(H,19,22)(H,20,21). The van der Waals surface area contributed by atoms with Crippen molar-refractivity contribution in [2.45, 2.75) is 6.54 Å². The van der Waals surface area contributed by atoms with Crippen molar-refractivity contribution in [2.24, 2.45) is 0 Å². The third kappa shape index (κ3) is 3.37. The molecule has 0 saturated carbocycles. The van der Waals surface area contributed by atoms with Crippen molar-refractivity contribution in [2.75, 3.05) is 7.11 Å². The Hall–Kier alpha value is -3.15. The Morgan fingerprint density at radius 2 is 2.22 bits per heavy atom. The second-order valence-electron chi connectivity index (χ2n) is 4.91. The highest BCUT2D eigenvalue weighted by Gasteiger charge is 2.12. The topological polar surface area (TPSA) is 79.9 Å². The number of pyridine rings is 1. The number of hydrogen-bond acceptors (Lipinski definition) is 4. The molecule has 0 saturated heterocycles. The second kappa shape index (κ2) is 6.74. The number of carbonyl (C=O) groups excluding carboxylic acids is 1. The first kappa shape index (κ1) is 14.8. The van der Waals surface area contributed by atoms with Crippen LogP contribution in [0.15, 0.2) is 55.0 Å². The molecule has 0 fully saturated rings. The van der Waals surface area contributed by atoms with Gasteiger partial charge in [-0.2, -0.15) is 5.10 Å². The summed E-state index contributed by atoms with van der Waals surface area (Å²) in [5.41, 5.74) is 3.12. The molecule has 0 unspecified atom stereocenters. The number of benzene rings is 1. The minimum atomic E-state index is -0.173. The fraction of sp³-hybridized carbons (Fsp3) is 0.118. The summed E-state index contributed by atoms with van der Waals surface area (Å²) in [6.07, 6.45) is 5.18. The molecule has 0 aliphatic rings. The molecule has 116 valence electrons. The van der Waals surface area contributed by atoms with Gasteiger partial charge in [-0.3, -0.25) is 14.9 Å². The van der Waals surface area contributed by atoms with Gasteiger partial charge in [0.25, 0.3) is 5.91 Å². The van der Waals surface area contributed by atoms with Gasteiger partial charge in [-0.05, 0) is 30.3 Å². The first-order valence-electron chi connectivity index (χ1n) is 7.13. The van der Waals surface area contributed by atoms with Gasteiger partial charge in [0.2, 0.25) is 0 Å². The SMILES string of the molecule is COc1cc(C(=O)NCc2ccccn2)ccc1-c1cn[nH]c1. The van der Waals surface area contributed by atoms with Crippen LogP contribution < -0.4 is 10.1 Å². The van der Waals surface area contributed by atoms with Crippen LogP contribution in [0.1, 0.15) is 16.1 Å². The molecule has 2 N–H and O–H groups in total. The zero-order chi connectivity index (χ0) is 16.1. The van der Waals surface area contributed by atoms with Gasteiger partial charge in [0.05, 0.1) is 25.5 Å². The number of nitrogens with one attached hydrogen (secondary N) is 2. The van der Waals surface area contributed by atoms with Gasteiger partial charge >= 0.3 is 0 Å². The van der Waals surface area contributed by atoms with Crippen LogP contribution in [0, 0.1) is 0 Å². The number of methoxy groups -OCH3 is 1. The predicted octanol–water partition coefficient (Wildman–Crippen LogP) is 2.41. The van der Waals surface area contributed by atoms with Gasteiger partial charge in [-0.1, -0.05) is 6.07 Å². The molecule has 6 heteroatoms. The first-order chi connectivity index (χ1) is 11.3. The van der Waals surface area contributed by atoms with E-state index in [1.54, 1.807) is 37.8 Å². The van der Waals surface area contributed by atoms with E-state index in [-0.39, 0.29) is 5.91 Å². The first-order valence-corrected chi connectivity index (χ1v) is 7.13. The Labute approximate surface area is 133 Å². The summed E-state index contributed by atoms with van der Waals surface area (Å²) in [5, 5.41) is 9.54. The Morgan fingerprint density at radius 3 is 2.91 bits per heavy atom. The Balaban J connectivity index is 1.76. The zero-order valence-electron chi connectivity index (χ0n) is 12.6. The van der Waals surface area contributed by atoms with E-state index in [9.17, 15) is 4.79 Å². The number of nitrogens with zero attached hydrogens (tertiary/aromatic N) is 2. The molecule has 0 bridgehead atoms. The largest absolute Gasteiger partial charge is 0.496 e. The van der Waals surface area contributed by atoms with Crippen LogP contribution in [0.4, 0.5) is 0 Å². The Kier molecular flexibility index (Phi) is 4.33. The van der Waals surface area contributed by atoms with Gasteiger partial charge in [-0.15, -0.1) is 0 Å². The van der Waals surface area contributed by atoms with E-state index in [0.29, 0.717) is 17.9 Å². The lowest BCUT2D eigenvalue weighted by molar-refractivity contribution is 0.0950. The maximum absolute atomic E-state index is 12.3. The lowest BCUT2D eigenvalue weighted by Gasteiger charge is -2.10. The van der Waals surface area contributed by atoms with Crippen molar-refractivity contribution in [1.82, 2.24) is 20.5 Å². The Bertz CT molecular complexity index is 786. The fourth-order valence-electron chi connectivity index (χ4n) is 2.24. The predicted molar refractivity (Wildman–Crippen MR) is 86.0 cm³/mol. The van der Waals surface area contributed by atoms with Crippen molar-refractivity contribution < 1.29 is 9.53 Å². The van der Waals surface area contributed by atoms with Gasteiger partial charge < -0.3 is 10.1 Å². The third-order valence-corrected chi connectivity index (χ3v) is 3.43. The van der Waals surface area contributed by atoms with Crippen LogP contribution in [0.3, 0.4) is 0 Å². The van der Waals surface area contributed by atoms with Crippen LogP contribution in [-0.4, -0.2) is 28.2 Å². The van der Waals surface area contributed by atoms with Gasteiger partial charge in [0.1, 0.15) is 5.75 Å². The van der Waals surface area contributed by atoms with Crippen molar-refractivity contribution in [1.29, 1.82) is 0 Å². The van der Waals surface area contributed by atoms with E-state index in [0.717, 1.165) is 16.8 Å². The van der Waals surface area contributed by atoms with Crippen LogP contribution in [-0.2, 0) is 6.54 Å². The minimum absolute atomic E-state index is 0.173. The number of amides is 1. The van der Waals surface area contributed by atoms with E-state index in [2.05, 4.69) is 20.5 Å². The summed E-state index contributed by atoms with van der Waals surface area (Å²) in [4.78, 5) is 16.4. The van der Waals surface area contributed by atoms with Gasteiger partial charge in [0, 0.05) is 29.1 Å².